The van der Waals surface area contributed by atoms with Crippen LogP contribution < -0.4 is 10.1 Å². The maximum atomic E-state index is 13.2. The molecular weight excluding hydrogens is 321 g/mol. The van der Waals surface area contributed by atoms with Gasteiger partial charge in [0.2, 0.25) is 0 Å². The summed E-state index contributed by atoms with van der Waals surface area (Å²) in [6, 6.07) is 3.75. The maximum absolute atomic E-state index is 13.2. The van der Waals surface area contributed by atoms with Crippen molar-refractivity contribution in [2.75, 3.05) is 20.8 Å². The average molecular weight is 334 g/mol. The van der Waals surface area contributed by atoms with Crippen LogP contribution in [0.5, 0.6) is 5.75 Å². The van der Waals surface area contributed by atoms with Crippen molar-refractivity contribution in [1.29, 1.82) is 0 Å². The number of alkyl halides is 1. The van der Waals surface area contributed by atoms with Gasteiger partial charge in [0.15, 0.2) is 11.6 Å². The minimum Gasteiger partial charge on any atom is -0.494 e. The standard InChI is InChI=1S/C12H13BrFNO4/c1-18-10-5-7(3-4-9(10)14)11(16)15-6-8(13)12(17)19-2/h3-5,8H,6H2,1-2H3,(H,15,16). The molecule has 0 spiro atoms. The highest BCUT2D eigenvalue weighted by molar-refractivity contribution is 9.10. The van der Waals surface area contributed by atoms with Crippen molar-refractivity contribution in [2.45, 2.75) is 4.83 Å². The van der Waals surface area contributed by atoms with Gasteiger partial charge in [-0.15, -0.1) is 0 Å². The number of hydrogen-bond acceptors (Lipinski definition) is 4. The largest absolute Gasteiger partial charge is 0.494 e. The molecule has 0 aliphatic carbocycles. The lowest BCUT2D eigenvalue weighted by molar-refractivity contribution is -0.139. The highest BCUT2D eigenvalue weighted by Crippen LogP contribution is 2.18. The summed E-state index contributed by atoms with van der Waals surface area (Å²) in [6.45, 7) is 0.0607. The van der Waals surface area contributed by atoms with Gasteiger partial charge in [-0.1, -0.05) is 15.9 Å². The summed E-state index contributed by atoms with van der Waals surface area (Å²) in [7, 11) is 2.56. The molecule has 0 aromatic heterocycles. The van der Waals surface area contributed by atoms with Crippen LogP contribution in [-0.4, -0.2) is 37.5 Å². The van der Waals surface area contributed by atoms with Gasteiger partial charge in [-0.25, -0.2) is 4.39 Å². The van der Waals surface area contributed by atoms with Gasteiger partial charge in [0.05, 0.1) is 14.2 Å². The Morgan fingerprint density at radius 2 is 2.11 bits per heavy atom. The number of halogens is 2. The topological polar surface area (TPSA) is 64.6 Å². The van der Waals surface area contributed by atoms with E-state index in [0.29, 0.717) is 0 Å². The lowest BCUT2D eigenvalue weighted by Gasteiger charge is -2.10. The summed E-state index contributed by atoms with van der Waals surface area (Å²) < 4.78 is 22.4. The number of ether oxygens (including phenoxy) is 2. The molecule has 1 rings (SSSR count). The number of carbonyl (C=O) groups is 2. The SMILES string of the molecule is COC(=O)C(Br)CNC(=O)c1ccc(F)c(OC)c1. The summed E-state index contributed by atoms with van der Waals surface area (Å²) in [4.78, 5) is 22.3. The number of carbonyl (C=O) groups excluding carboxylic acids is 2. The predicted molar refractivity (Wildman–Crippen MR) is 70.0 cm³/mol. The maximum Gasteiger partial charge on any atom is 0.321 e. The van der Waals surface area contributed by atoms with Crippen LogP contribution in [0.2, 0.25) is 0 Å². The van der Waals surface area contributed by atoms with Crippen LogP contribution in [0.3, 0.4) is 0 Å². The molecule has 1 aromatic rings. The quantitative estimate of drug-likeness (QED) is 0.655. The Bertz CT molecular complexity index is 481. The van der Waals surface area contributed by atoms with Crippen LogP contribution in [0.4, 0.5) is 4.39 Å². The first kappa shape index (κ1) is 15.4. The Kier molecular flexibility index (Phi) is 5.75. The van der Waals surface area contributed by atoms with E-state index in [1.165, 1.54) is 26.4 Å². The van der Waals surface area contributed by atoms with Crippen LogP contribution in [0.15, 0.2) is 18.2 Å². The molecule has 19 heavy (non-hydrogen) atoms. The van der Waals surface area contributed by atoms with Crippen molar-refractivity contribution in [3.8, 4) is 5.75 Å². The fraction of sp³-hybridized carbons (Fsp3) is 0.333. The molecule has 104 valence electrons. The monoisotopic (exact) mass is 333 g/mol. The second-order valence-electron chi connectivity index (χ2n) is 3.55. The van der Waals surface area contributed by atoms with E-state index < -0.39 is 22.5 Å². The van der Waals surface area contributed by atoms with Gasteiger partial charge in [0.1, 0.15) is 4.83 Å². The summed E-state index contributed by atoms with van der Waals surface area (Å²) in [5.74, 6) is -1.49. The van der Waals surface area contributed by atoms with E-state index in [1.54, 1.807) is 0 Å². The van der Waals surface area contributed by atoms with Gasteiger partial charge in [-0.2, -0.15) is 0 Å². The number of rotatable bonds is 5. The molecule has 5 nitrogen and oxygen atoms in total. The number of amides is 1. The van der Waals surface area contributed by atoms with Crippen molar-refractivity contribution in [3.05, 3.63) is 29.6 Å². The van der Waals surface area contributed by atoms with E-state index in [-0.39, 0.29) is 17.9 Å². The van der Waals surface area contributed by atoms with Crippen LogP contribution in [-0.2, 0) is 9.53 Å². The zero-order valence-corrected chi connectivity index (χ0v) is 12.0. The number of esters is 1. The molecule has 0 fully saturated rings. The molecule has 0 aliphatic rings. The number of nitrogens with one attached hydrogen (secondary N) is 1. The van der Waals surface area contributed by atoms with Crippen molar-refractivity contribution < 1.29 is 23.5 Å². The van der Waals surface area contributed by atoms with E-state index in [1.807, 2.05) is 0 Å². The third kappa shape index (κ3) is 4.20. The van der Waals surface area contributed by atoms with Gasteiger partial charge in [-0.05, 0) is 18.2 Å². The molecular formula is C12H13BrFNO4. The van der Waals surface area contributed by atoms with Gasteiger partial charge >= 0.3 is 5.97 Å². The highest BCUT2D eigenvalue weighted by atomic mass is 79.9. The van der Waals surface area contributed by atoms with Gasteiger partial charge in [0.25, 0.3) is 5.91 Å². The highest BCUT2D eigenvalue weighted by Gasteiger charge is 2.17. The van der Waals surface area contributed by atoms with E-state index in [2.05, 4.69) is 26.0 Å². The fourth-order valence-electron chi connectivity index (χ4n) is 1.30. The van der Waals surface area contributed by atoms with Crippen molar-refractivity contribution in [1.82, 2.24) is 5.32 Å². The normalized spacial score (nSPS) is 11.6. The van der Waals surface area contributed by atoms with E-state index in [4.69, 9.17) is 4.74 Å². The first-order valence-electron chi connectivity index (χ1n) is 5.33. The first-order chi connectivity index (χ1) is 8.99. The molecule has 0 bridgehead atoms. The number of hydrogen-bond donors (Lipinski definition) is 1. The first-order valence-corrected chi connectivity index (χ1v) is 6.24. The van der Waals surface area contributed by atoms with Crippen LogP contribution in [0.1, 0.15) is 10.4 Å². The molecule has 1 atom stereocenters. The molecule has 0 saturated carbocycles. The summed E-state index contributed by atoms with van der Waals surface area (Å²) >= 11 is 3.07. The van der Waals surface area contributed by atoms with Crippen LogP contribution >= 0.6 is 15.9 Å². The third-order valence-corrected chi connectivity index (χ3v) is 3.01. The molecule has 1 aromatic carbocycles. The Labute approximate surface area is 118 Å². The predicted octanol–water partition coefficient (Wildman–Crippen LogP) is 1.50. The van der Waals surface area contributed by atoms with Gasteiger partial charge < -0.3 is 14.8 Å². The molecule has 1 N–H and O–H groups in total. The smallest absolute Gasteiger partial charge is 0.321 e. The molecule has 0 radical (unpaired) electrons. The Balaban J connectivity index is 2.66. The van der Waals surface area contributed by atoms with E-state index >= 15 is 0 Å². The molecule has 0 aliphatic heterocycles. The summed E-state index contributed by atoms with van der Waals surface area (Å²) in [5, 5.41) is 2.52. The van der Waals surface area contributed by atoms with Gasteiger partial charge in [-0.3, -0.25) is 9.59 Å². The lowest BCUT2D eigenvalue weighted by Crippen LogP contribution is -2.33. The lowest BCUT2D eigenvalue weighted by atomic mass is 10.2. The number of methoxy groups -OCH3 is 2. The average Bonchev–Trinajstić information content (AvgIpc) is 2.43. The van der Waals surface area contributed by atoms with Crippen molar-refractivity contribution in [3.63, 3.8) is 0 Å². The second-order valence-corrected chi connectivity index (χ2v) is 4.66. The van der Waals surface area contributed by atoms with Crippen LogP contribution in [0.25, 0.3) is 0 Å². The number of benzene rings is 1. The second kappa shape index (κ2) is 7.08. The van der Waals surface area contributed by atoms with Gasteiger partial charge in [0, 0.05) is 12.1 Å². The minimum absolute atomic E-state index is 0.0176. The van der Waals surface area contributed by atoms with Crippen LogP contribution in [0, 0.1) is 5.82 Å². The zero-order chi connectivity index (χ0) is 14.4. The van der Waals surface area contributed by atoms with E-state index in [0.717, 1.165) is 6.07 Å². The Morgan fingerprint density at radius 3 is 2.68 bits per heavy atom. The van der Waals surface area contributed by atoms with Crippen molar-refractivity contribution >= 4 is 27.8 Å². The van der Waals surface area contributed by atoms with E-state index in [9.17, 15) is 14.0 Å². The summed E-state index contributed by atoms with van der Waals surface area (Å²) in [6.07, 6.45) is 0. The Morgan fingerprint density at radius 1 is 1.42 bits per heavy atom. The zero-order valence-electron chi connectivity index (χ0n) is 10.4. The molecule has 0 heterocycles. The van der Waals surface area contributed by atoms with Crippen molar-refractivity contribution in [2.24, 2.45) is 0 Å². The minimum atomic E-state index is -0.635. The molecule has 1 amide bonds. The summed E-state index contributed by atoms with van der Waals surface area (Å²) in [5.41, 5.74) is 0.239. The Hall–Kier alpha value is -1.63. The molecule has 0 saturated heterocycles. The molecule has 1 unspecified atom stereocenters. The molecule has 7 heteroatoms. The third-order valence-electron chi connectivity index (χ3n) is 2.31. The fourth-order valence-corrected chi connectivity index (χ4v) is 1.65.